The number of aliphatic hydroxyl groups is 1. The summed E-state index contributed by atoms with van der Waals surface area (Å²) in [4.78, 5) is 22.3. The SMILES string of the molecule is N#CCCc1nccnc1C(=O)N1CCOC[C@H]1CO. The predicted molar refractivity (Wildman–Crippen MR) is 68.7 cm³/mol. The number of aliphatic hydroxyl groups excluding tert-OH is 1. The number of nitrogens with zero attached hydrogens (tertiary/aromatic N) is 4. The van der Waals surface area contributed by atoms with Gasteiger partial charge in [-0.1, -0.05) is 0 Å². The quantitative estimate of drug-likeness (QED) is 0.815. The number of morpholine rings is 1. The van der Waals surface area contributed by atoms with E-state index in [0.717, 1.165) is 0 Å². The van der Waals surface area contributed by atoms with Crippen molar-refractivity contribution in [1.29, 1.82) is 5.26 Å². The van der Waals surface area contributed by atoms with Gasteiger partial charge in [0.2, 0.25) is 0 Å². The third kappa shape index (κ3) is 3.10. The van der Waals surface area contributed by atoms with Crippen LogP contribution in [0.4, 0.5) is 0 Å². The fourth-order valence-corrected chi connectivity index (χ4v) is 2.11. The lowest BCUT2D eigenvalue weighted by molar-refractivity contribution is -0.0187. The number of hydrogen-bond donors (Lipinski definition) is 1. The monoisotopic (exact) mass is 276 g/mol. The highest BCUT2D eigenvalue weighted by Crippen LogP contribution is 2.14. The van der Waals surface area contributed by atoms with Gasteiger partial charge < -0.3 is 14.7 Å². The van der Waals surface area contributed by atoms with E-state index in [1.165, 1.54) is 12.4 Å². The Balaban J connectivity index is 2.21. The van der Waals surface area contributed by atoms with Crippen LogP contribution < -0.4 is 0 Å². The molecule has 1 amide bonds. The van der Waals surface area contributed by atoms with Crippen molar-refractivity contribution in [3.8, 4) is 6.07 Å². The summed E-state index contributed by atoms with van der Waals surface area (Å²) in [6, 6.07) is 1.67. The minimum absolute atomic E-state index is 0.153. The second-order valence-corrected chi connectivity index (χ2v) is 4.42. The van der Waals surface area contributed by atoms with E-state index in [1.54, 1.807) is 4.90 Å². The van der Waals surface area contributed by atoms with Gasteiger partial charge >= 0.3 is 0 Å². The Kier molecular flexibility index (Phi) is 4.98. The maximum absolute atomic E-state index is 12.5. The Hall–Kier alpha value is -2.04. The number of nitriles is 1. The lowest BCUT2D eigenvalue weighted by atomic mass is 10.1. The molecule has 1 aliphatic rings. The van der Waals surface area contributed by atoms with Crippen LogP contribution in [-0.2, 0) is 11.2 Å². The van der Waals surface area contributed by atoms with Crippen LogP contribution in [0.5, 0.6) is 0 Å². The van der Waals surface area contributed by atoms with Gasteiger partial charge in [0.25, 0.3) is 5.91 Å². The Morgan fingerprint density at radius 3 is 3.10 bits per heavy atom. The minimum atomic E-state index is -0.359. The van der Waals surface area contributed by atoms with E-state index in [-0.39, 0.29) is 30.7 Å². The zero-order valence-corrected chi connectivity index (χ0v) is 11.0. The van der Waals surface area contributed by atoms with Crippen molar-refractivity contribution in [3.63, 3.8) is 0 Å². The summed E-state index contributed by atoms with van der Waals surface area (Å²) in [5.41, 5.74) is 0.769. The molecule has 1 saturated heterocycles. The first-order valence-electron chi connectivity index (χ1n) is 6.44. The molecule has 2 rings (SSSR count). The number of rotatable bonds is 4. The summed E-state index contributed by atoms with van der Waals surface area (Å²) in [5, 5.41) is 18.0. The molecule has 1 aromatic heterocycles. The first-order chi connectivity index (χ1) is 9.77. The Labute approximate surface area is 116 Å². The van der Waals surface area contributed by atoms with Gasteiger partial charge in [-0.3, -0.25) is 9.78 Å². The summed E-state index contributed by atoms with van der Waals surface area (Å²) in [7, 11) is 0. The van der Waals surface area contributed by atoms with Gasteiger partial charge in [0.1, 0.15) is 5.69 Å². The van der Waals surface area contributed by atoms with E-state index in [0.29, 0.717) is 31.9 Å². The van der Waals surface area contributed by atoms with E-state index in [9.17, 15) is 9.90 Å². The second kappa shape index (κ2) is 6.93. The Bertz CT molecular complexity index is 515. The molecule has 7 heteroatoms. The second-order valence-electron chi connectivity index (χ2n) is 4.42. The summed E-state index contributed by atoms with van der Waals surface area (Å²) in [6.07, 6.45) is 3.63. The lowest BCUT2D eigenvalue weighted by Crippen LogP contribution is -2.50. The standard InChI is InChI=1S/C13H16N4O3/c14-3-1-2-11-12(16-5-4-15-11)13(19)17-6-7-20-9-10(17)8-18/h4-5,10,18H,1-2,6-9H2/t10-/m1/s1. The van der Waals surface area contributed by atoms with Crippen LogP contribution in [-0.4, -0.2) is 58.3 Å². The molecule has 1 fully saturated rings. The molecule has 0 aliphatic carbocycles. The molecular formula is C13H16N4O3. The van der Waals surface area contributed by atoms with E-state index < -0.39 is 0 Å². The molecule has 0 unspecified atom stereocenters. The molecule has 1 aliphatic heterocycles. The fourth-order valence-electron chi connectivity index (χ4n) is 2.11. The van der Waals surface area contributed by atoms with E-state index in [1.807, 2.05) is 6.07 Å². The zero-order valence-electron chi connectivity index (χ0n) is 11.0. The van der Waals surface area contributed by atoms with Crippen molar-refractivity contribution in [2.24, 2.45) is 0 Å². The molecule has 106 valence electrons. The van der Waals surface area contributed by atoms with Gasteiger partial charge in [-0.25, -0.2) is 4.98 Å². The maximum atomic E-state index is 12.5. The highest BCUT2D eigenvalue weighted by Gasteiger charge is 2.29. The van der Waals surface area contributed by atoms with Crippen molar-refractivity contribution in [2.75, 3.05) is 26.4 Å². The van der Waals surface area contributed by atoms with Crippen LogP contribution >= 0.6 is 0 Å². The van der Waals surface area contributed by atoms with Crippen molar-refractivity contribution in [2.45, 2.75) is 18.9 Å². The van der Waals surface area contributed by atoms with E-state index in [4.69, 9.17) is 10.00 Å². The molecule has 20 heavy (non-hydrogen) atoms. The van der Waals surface area contributed by atoms with Crippen LogP contribution in [0, 0.1) is 11.3 Å². The van der Waals surface area contributed by atoms with Gasteiger partial charge in [0, 0.05) is 31.8 Å². The number of carbonyl (C=O) groups excluding carboxylic acids is 1. The summed E-state index contributed by atoms with van der Waals surface area (Å²) >= 11 is 0. The molecule has 7 nitrogen and oxygen atoms in total. The van der Waals surface area contributed by atoms with Crippen molar-refractivity contribution >= 4 is 5.91 Å². The first kappa shape index (κ1) is 14.4. The van der Waals surface area contributed by atoms with Gasteiger partial charge in [-0.2, -0.15) is 5.26 Å². The zero-order chi connectivity index (χ0) is 14.4. The Morgan fingerprint density at radius 1 is 1.55 bits per heavy atom. The maximum Gasteiger partial charge on any atom is 0.274 e. The van der Waals surface area contributed by atoms with Gasteiger partial charge in [-0.15, -0.1) is 0 Å². The van der Waals surface area contributed by atoms with Crippen LogP contribution in [0.25, 0.3) is 0 Å². The summed E-state index contributed by atoms with van der Waals surface area (Å²) < 4.78 is 5.25. The predicted octanol–water partition coefficient (Wildman–Crippen LogP) is -0.234. The summed E-state index contributed by atoms with van der Waals surface area (Å²) in [5.74, 6) is -0.270. The van der Waals surface area contributed by atoms with E-state index in [2.05, 4.69) is 9.97 Å². The first-order valence-corrected chi connectivity index (χ1v) is 6.44. The van der Waals surface area contributed by atoms with Crippen molar-refractivity contribution < 1.29 is 14.6 Å². The minimum Gasteiger partial charge on any atom is -0.394 e. The van der Waals surface area contributed by atoms with Crippen LogP contribution in [0.1, 0.15) is 22.6 Å². The fraction of sp³-hybridized carbons (Fsp3) is 0.538. The number of ether oxygens (including phenoxy) is 1. The third-order valence-electron chi connectivity index (χ3n) is 3.15. The van der Waals surface area contributed by atoms with Gasteiger partial charge in [0.05, 0.1) is 37.6 Å². The molecule has 1 atom stereocenters. The average molecular weight is 276 g/mol. The summed E-state index contributed by atoms with van der Waals surface area (Å²) in [6.45, 7) is 1.02. The highest BCUT2D eigenvalue weighted by atomic mass is 16.5. The molecule has 0 spiro atoms. The van der Waals surface area contributed by atoms with Gasteiger partial charge in [0.15, 0.2) is 0 Å². The van der Waals surface area contributed by atoms with Crippen LogP contribution in [0.2, 0.25) is 0 Å². The molecule has 1 N–H and O–H groups in total. The number of hydrogen-bond acceptors (Lipinski definition) is 6. The molecule has 0 aromatic carbocycles. The normalized spacial score (nSPS) is 18.6. The van der Waals surface area contributed by atoms with E-state index >= 15 is 0 Å². The molecule has 1 aromatic rings. The lowest BCUT2D eigenvalue weighted by Gasteiger charge is -2.34. The molecular weight excluding hydrogens is 260 g/mol. The van der Waals surface area contributed by atoms with Crippen molar-refractivity contribution in [3.05, 3.63) is 23.8 Å². The number of carbonyl (C=O) groups is 1. The molecule has 0 radical (unpaired) electrons. The average Bonchev–Trinajstić information content (AvgIpc) is 2.52. The van der Waals surface area contributed by atoms with Crippen molar-refractivity contribution in [1.82, 2.24) is 14.9 Å². The smallest absolute Gasteiger partial charge is 0.274 e. The molecule has 2 heterocycles. The number of amides is 1. The Morgan fingerprint density at radius 2 is 2.35 bits per heavy atom. The van der Waals surface area contributed by atoms with Gasteiger partial charge in [-0.05, 0) is 0 Å². The van der Waals surface area contributed by atoms with Crippen LogP contribution in [0.3, 0.4) is 0 Å². The molecule has 0 bridgehead atoms. The third-order valence-corrected chi connectivity index (χ3v) is 3.15. The number of aromatic nitrogens is 2. The highest BCUT2D eigenvalue weighted by molar-refractivity contribution is 5.93. The van der Waals surface area contributed by atoms with Crippen LogP contribution in [0.15, 0.2) is 12.4 Å². The molecule has 0 saturated carbocycles. The number of aryl methyl sites for hydroxylation is 1. The largest absolute Gasteiger partial charge is 0.394 e. The topological polar surface area (TPSA) is 99.3 Å².